The third-order valence-electron chi connectivity index (χ3n) is 3.37. The third-order valence-corrected chi connectivity index (χ3v) is 3.92. The molecule has 0 fully saturated rings. The molecule has 1 atom stereocenters. The van der Waals surface area contributed by atoms with E-state index in [0.29, 0.717) is 23.0 Å². The minimum absolute atomic E-state index is 0.481. The van der Waals surface area contributed by atoms with Crippen molar-refractivity contribution in [2.24, 2.45) is 0 Å². The summed E-state index contributed by atoms with van der Waals surface area (Å²) in [6, 6.07) is 7.70. The fourth-order valence-electron chi connectivity index (χ4n) is 2.29. The number of aromatic nitrogens is 2. The highest BCUT2D eigenvalue weighted by Gasteiger charge is 2.33. The summed E-state index contributed by atoms with van der Waals surface area (Å²) in [7, 11) is 0. The molecule has 0 aliphatic rings. The summed E-state index contributed by atoms with van der Waals surface area (Å²) in [5.74, 6) is 0. The highest BCUT2D eigenvalue weighted by atomic mass is 35.5. The van der Waals surface area contributed by atoms with E-state index in [2.05, 4.69) is 11.1 Å². The standard InChI is InChI=1S/C16H15Cl2N3/c1-2-3-6-16(10-19,11-21-8-7-20-12-21)14-5-4-13(17)9-15(14)18/h2-5,7-9,12H,6,11H2,1H3/b3-2+. The first-order valence-electron chi connectivity index (χ1n) is 6.55. The molecule has 3 nitrogen and oxygen atoms in total. The molecule has 108 valence electrons. The molecule has 1 unspecified atom stereocenters. The lowest BCUT2D eigenvalue weighted by atomic mass is 9.78. The molecule has 0 N–H and O–H groups in total. The van der Waals surface area contributed by atoms with Crippen LogP contribution < -0.4 is 0 Å². The number of nitriles is 1. The van der Waals surface area contributed by atoms with Crippen molar-refractivity contribution in [3.63, 3.8) is 0 Å². The van der Waals surface area contributed by atoms with Crippen molar-refractivity contribution in [2.75, 3.05) is 0 Å². The lowest BCUT2D eigenvalue weighted by Crippen LogP contribution is -2.29. The topological polar surface area (TPSA) is 41.6 Å². The van der Waals surface area contributed by atoms with Gasteiger partial charge in [-0.3, -0.25) is 0 Å². The molecule has 0 bridgehead atoms. The van der Waals surface area contributed by atoms with Crippen molar-refractivity contribution >= 4 is 23.2 Å². The fraction of sp³-hybridized carbons (Fsp3) is 0.250. The number of halogens is 2. The van der Waals surface area contributed by atoms with Gasteiger partial charge in [-0.25, -0.2) is 4.98 Å². The summed E-state index contributed by atoms with van der Waals surface area (Å²) in [4.78, 5) is 4.03. The van der Waals surface area contributed by atoms with Crippen LogP contribution in [0.25, 0.3) is 0 Å². The Morgan fingerprint density at radius 2 is 2.24 bits per heavy atom. The molecule has 1 heterocycles. The van der Waals surface area contributed by atoms with Gasteiger partial charge in [-0.2, -0.15) is 5.26 Å². The molecule has 0 spiro atoms. The smallest absolute Gasteiger partial charge is 0.105 e. The molecule has 0 radical (unpaired) electrons. The first kappa shape index (κ1) is 15.6. The van der Waals surface area contributed by atoms with Crippen LogP contribution in [0.1, 0.15) is 18.9 Å². The van der Waals surface area contributed by atoms with Crippen LogP contribution in [0.3, 0.4) is 0 Å². The Morgan fingerprint density at radius 3 is 2.81 bits per heavy atom. The van der Waals surface area contributed by atoms with E-state index in [1.54, 1.807) is 24.7 Å². The van der Waals surface area contributed by atoms with Gasteiger partial charge < -0.3 is 4.57 Å². The van der Waals surface area contributed by atoms with Gasteiger partial charge in [-0.1, -0.05) is 41.4 Å². The molecule has 0 saturated heterocycles. The number of imidazole rings is 1. The summed E-state index contributed by atoms with van der Waals surface area (Å²) in [6.07, 6.45) is 9.72. The second-order valence-electron chi connectivity index (χ2n) is 4.83. The SMILES string of the molecule is C/C=C/CC(C#N)(Cn1ccnc1)c1ccc(Cl)cc1Cl. The van der Waals surface area contributed by atoms with E-state index in [0.717, 1.165) is 5.56 Å². The monoisotopic (exact) mass is 319 g/mol. The Balaban J connectivity index is 2.50. The summed E-state index contributed by atoms with van der Waals surface area (Å²) in [6.45, 7) is 2.41. The van der Waals surface area contributed by atoms with Gasteiger partial charge in [0.15, 0.2) is 0 Å². The summed E-state index contributed by atoms with van der Waals surface area (Å²) in [5, 5.41) is 10.9. The van der Waals surface area contributed by atoms with Crippen LogP contribution in [-0.2, 0) is 12.0 Å². The number of nitrogens with zero attached hydrogens (tertiary/aromatic N) is 3. The van der Waals surface area contributed by atoms with Gasteiger partial charge >= 0.3 is 0 Å². The highest BCUT2D eigenvalue weighted by molar-refractivity contribution is 6.35. The lowest BCUT2D eigenvalue weighted by molar-refractivity contribution is 0.460. The van der Waals surface area contributed by atoms with E-state index < -0.39 is 5.41 Å². The molecule has 1 aromatic heterocycles. The molecule has 21 heavy (non-hydrogen) atoms. The number of rotatable bonds is 5. The second-order valence-corrected chi connectivity index (χ2v) is 5.67. The average molecular weight is 320 g/mol. The Bertz CT molecular complexity index is 671. The largest absolute Gasteiger partial charge is 0.336 e. The first-order valence-corrected chi connectivity index (χ1v) is 7.30. The normalized spacial score (nSPS) is 14.0. The maximum atomic E-state index is 9.84. The average Bonchev–Trinajstić information content (AvgIpc) is 2.96. The molecule has 0 amide bonds. The molecule has 2 aromatic rings. The van der Waals surface area contributed by atoms with Gasteiger partial charge in [0.05, 0.1) is 12.4 Å². The van der Waals surface area contributed by atoms with Crippen LogP contribution in [-0.4, -0.2) is 9.55 Å². The van der Waals surface area contributed by atoms with Crippen LogP contribution in [0, 0.1) is 11.3 Å². The van der Waals surface area contributed by atoms with Crippen molar-refractivity contribution in [2.45, 2.75) is 25.3 Å². The number of hydrogen-bond acceptors (Lipinski definition) is 2. The zero-order valence-electron chi connectivity index (χ0n) is 11.6. The van der Waals surface area contributed by atoms with E-state index in [-0.39, 0.29) is 0 Å². The maximum absolute atomic E-state index is 9.84. The van der Waals surface area contributed by atoms with Crippen LogP contribution in [0.2, 0.25) is 10.0 Å². The summed E-state index contributed by atoms with van der Waals surface area (Å²) < 4.78 is 1.89. The number of allylic oxidation sites excluding steroid dienone is 2. The van der Waals surface area contributed by atoms with Crippen LogP contribution >= 0.6 is 23.2 Å². The predicted molar refractivity (Wildman–Crippen MR) is 85.4 cm³/mol. The molecule has 1 aromatic carbocycles. The van der Waals surface area contributed by atoms with Crippen LogP contribution in [0.5, 0.6) is 0 Å². The molecule has 0 aliphatic heterocycles. The molecule has 0 aliphatic carbocycles. The van der Waals surface area contributed by atoms with Crippen molar-refractivity contribution in [1.82, 2.24) is 9.55 Å². The van der Waals surface area contributed by atoms with E-state index >= 15 is 0 Å². The first-order chi connectivity index (χ1) is 10.1. The highest BCUT2D eigenvalue weighted by Crippen LogP contribution is 2.36. The molecule has 2 rings (SSSR count). The molecular formula is C16H15Cl2N3. The molecular weight excluding hydrogens is 305 g/mol. The van der Waals surface area contributed by atoms with Gasteiger partial charge in [0.1, 0.15) is 5.41 Å². The summed E-state index contributed by atoms with van der Waals surface area (Å²) in [5.41, 5.74) is 0.0254. The Morgan fingerprint density at radius 1 is 1.43 bits per heavy atom. The number of benzene rings is 1. The van der Waals surface area contributed by atoms with E-state index in [1.165, 1.54) is 0 Å². The quantitative estimate of drug-likeness (QED) is 0.755. The van der Waals surface area contributed by atoms with E-state index in [4.69, 9.17) is 23.2 Å². The van der Waals surface area contributed by atoms with E-state index in [1.807, 2.05) is 35.9 Å². The number of hydrogen-bond donors (Lipinski definition) is 0. The molecule has 0 saturated carbocycles. The summed E-state index contributed by atoms with van der Waals surface area (Å²) >= 11 is 12.3. The van der Waals surface area contributed by atoms with Crippen LogP contribution in [0.4, 0.5) is 0 Å². The maximum Gasteiger partial charge on any atom is 0.105 e. The Labute approximate surface area is 134 Å². The third kappa shape index (κ3) is 3.47. The van der Waals surface area contributed by atoms with Gasteiger partial charge in [-0.05, 0) is 31.0 Å². The van der Waals surface area contributed by atoms with Crippen molar-refractivity contribution in [3.8, 4) is 6.07 Å². The Hall–Kier alpha value is -1.76. The predicted octanol–water partition coefficient (Wildman–Crippen LogP) is 4.62. The van der Waals surface area contributed by atoms with Crippen molar-refractivity contribution < 1.29 is 0 Å². The lowest BCUT2D eigenvalue weighted by Gasteiger charge is -2.27. The van der Waals surface area contributed by atoms with Gasteiger partial charge in [0.2, 0.25) is 0 Å². The van der Waals surface area contributed by atoms with Gasteiger partial charge in [0.25, 0.3) is 0 Å². The van der Waals surface area contributed by atoms with Gasteiger partial charge in [-0.15, -0.1) is 0 Å². The zero-order valence-corrected chi connectivity index (χ0v) is 13.1. The van der Waals surface area contributed by atoms with Crippen molar-refractivity contribution in [3.05, 3.63) is 64.7 Å². The van der Waals surface area contributed by atoms with Crippen molar-refractivity contribution in [1.29, 1.82) is 5.26 Å². The van der Waals surface area contributed by atoms with Gasteiger partial charge in [0, 0.05) is 29.0 Å². The minimum Gasteiger partial charge on any atom is -0.336 e. The second kappa shape index (κ2) is 6.80. The van der Waals surface area contributed by atoms with Crippen LogP contribution in [0.15, 0.2) is 49.1 Å². The Kier molecular flexibility index (Phi) is 5.06. The van der Waals surface area contributed by atoms with E-state index in [9.17, 15) is 5.26 Å². The fourth-order valence-corrected chi connectivity index (χ4v) is 2.88. The zero-order chi connectivity index (χ0) is 15.3. The molecule has 5 heteroatoms. The minimum atomic E-state index is -0.755.